The molecule has 0 amide bonds. The highest BCUT2D eigenvalue weighted by molar-refractivity contribution is 4.94. The Kier molecular flexibility index (Phi) is 3.90. The van der Waals surface area contributed by atoms with Crippen molar-refractivity contribution in [2.24, 2.45) is 7.05 Å². The molecular weight excluding hydrogens is 204 g/mol. The Hall–Kier alpha value is -0.940. The maximum Gasteiger partial charge on any atom is 0.0738 e. The lowest BCUT2D eigenvalue weighted by Gasteiger charge is -2.27. The van der Waals surface area contributed by atoms with Crippen LogP contribution in [0.5, 0.6) is 0 Å². The monoisotopic (exact) mass is 224 g/mol. The van der Waals surface area contributed by atoms with Crippen LogP contribution in [-0.4, -0.2) is 44.2 Å². The summed E-state index contributed by atoms with van der Waals surface area (Å²) in [5.74, 6) is 0. The van der Waals surface area contributed by atoms with Gasteiger partial charge >= 0.3 is 0 Å². The van der Waals surface area contributed by atoms with E-state index in [-0.39, 0.29) is 6.61 Å². The summed E-state index contributed by atoms with van der Waals surface area (Å²) in [4.78, 5) is 2.35. The van der Waals surface area contributed by atoms with Gasteiger partial charge in [0.2, 0.25) is 0 Å². The second-order valence-electron chi connectivity index (χ2n) is 4.48. The lowest BCUT2D eigenvalue weighted by molar-refractivity contribution is 0.142. The number of aliphatic hydroxyl groups is 1. The van der Waals surface area contributed by atoms with Gasteiger partial charge in [-0.3, -0.25) is 9.58 Å². The van der Waals surface area contributed by atoms with Crippen molar-refractivity contribution < 1.29 is 5.11 Å². The van der Waals surface area contributed by atoms with Crippen LogP contribution in [0.4, 0.5) is 0 Å². The van der Waals surface area contributed by atoms with Gasteiger partial charge in [-0.25, -0.2) is 0 Å². The Morgan fingerprint density at radius 2 is 2.25 bits per heavy atom. The molecule has 90 valence electrons. The molecular formula is C11H20N4O. The van der Waals surface area contributed by atoms with E-state index in [0.717, 1.165) is 18.8 Å². The zero-order valence-corrected chi connectivity index (χ0v) is 9.84. The zero-order chi connectivity index (χ0) is 11.4. The summed E-state index contributed by atoms with van der Waals surface area (Å²) in [6.45, 7) is 1.81. The molecule has 16 heavy (non-hydrogen) atoms. The van der Waals surface area contributed by atoms with E-state index < -0.39 is 0 Å². The first-order valence-corrected chi connectivity index (χ1v) is 5.99. The van der Waals surface area contributed by atoms with Crippen LogP contribution in [0.2, 0.25) is 0 Å². The molecule has 1 aromatic heterocycles. The molecule has 5 heteroatoms. The minimum absolute atomic E-state index is 0.224. The van der Waals surface area contributed by atoms with Crippen molar-refractivity contribution in [3.63, 3.8) is 0 Å². The molecule has 0 radical (unpaired) electrons. The van der Waals surface area contributed by atoms with E-state index in [1.807, 2.05) is 7.05 Å². The standard InChI is InChI=1S/C11H20N4O/c1-14-11(8-12-13-14)9-15(6-7-16)10-4-2-3-5-10/h8,10,16H,2-7,9H2,1H3. The molecule has 1 N–H and O–H groups in total. The summed E-state index contributed by atoms with van der Waals surface area (Å²) in [5, 5.41) is 16.9. The van der Waals surface area contributed by atoms with Crippen LogP contribution in [0.15, 0.2) is 6.20 Å². The first-order valence-electron chi connectivity index (χ1n) is 5.99. The largest absolute Gasteiger partial charge is 0.395 e. The topological polar surface area (TPSA) is 54.2 Å². The SMILES string of the molecule is Cn1nncc1CN(CCO)C1CCCC1. The minimum atomic E-state index is 0.224. The van der Waals surface area contributed by atoms with E-state index >= 15 is 0 Å². The van der Waals surface area contributed by atoms with Crippen molar-refractivity contribution in [1.82, 2.24) is 19.9 Å². The van der Waals surface area contributed by atoms with Gasteiger partial charge in [-0.1, -0.05) is 18.1 Å². The number of hydrogen-bond donors (Lipinski definition) is 1. The molecule has 0 bridgehead atoms. The summed E-state index contributed by atoms with van der Waals surface area (Å²) in [5.41, 5.74) is 1.11. The van der Waals surface area contributed by atoms with Crippen LogP contribution in [0.1, 0.15) is 31.4 Å². The van der Waals surface area contributed by atoms with Gasteiger partial charge in [0.15, 0.2) is 0 Å². The number of aliphatic hydroxyl groups excluding tert-OH is 1. The number of aromatic nitrogens is 3. The van der Waals surface area contributed by atoms with Crippen molar-refractivity contribution in [1.29, 1.82) is 0 Å². The van der Waals surface area contributed by atoms with Crippen molar-refractivity contribution in [3.05, 3.63) is 11.9 Å². The van der Waals surface area contributed by atoms with Crippen LogP contribution < -0.4 is 0 Å². The summed E-state index contributed by atoms with van der Waals surface area (Å²) < 4.78 is 1.80. The maximum absolute atomic E-state index is 9.12. The highest BCUT2D eigenvalue weighted by Gasteiger charge is 2.22. The first kappa shape index (κ1) is 11.5. The molecule has 0 atom stereocenters. The average Bonchev–Trinajstić information content (AvgIpc) is 2.90. The van der Waals surface area contributed by atoms with E-state index in [1.54, 1.807) is 10.9 Å². The molecule has 1 fully saturated rings. The number of aryl methyl sites for hydroxylation is 1. The van der Waals surface area contributed by atoms with E-state index in [2.05, 4.69) is 15.2 Å². The second-order valence-corrected chi connectivity index (χ2v) is 4.48. The fourth-order valence-electron chi connectivity index (χ4n) is 2.45. The summed E-state index contributed by atoms with van der Waals surface area (Å²) in [6, 6.07) is 0.627. The van der Waals surface area contributed by atoms with Gasteiger partial charge in [0.05, 0.1) is 18.5 Å². The van der Waals surface area contributed by atoms with Crippen LogP contribution in [0.25, 0.3) is 0 Å². The maximum atomic E-state index is 9.12. The quantitative estimate of drug-likeness (QED) is 0.793. The van der Waals surface area contributed by atoms with Crippen molar-refractivity contribution in [3.8, 4) is 0 Å². The third-order valence-corrected chi connectivity index (χ3v) is 3.40. The smallest absolute Gasteiger partial charge is 0.0738 e. The fraction of sp³-hybridized carbons (Fsp3) is 0.818. The molecule has 1 aromatic rings. The molecule has 2 rings (SSSR count). The van der Waals surface area contributed by atoms with E-state index in [9.17, 15) is 0 Å². The predicted octanol–water partition coefficient (Wildman–Crippen LogP) is 0.552. The molecule has 0 aromatic carbocycles. The van der Waals surface area contributed by atoms with Crippen LogP contribution in [0, 0.1) is 0 Å². The highest BCUT2D eigenvalue weighted by atomic mass is 16.3. The molecule has 1 aliphatic carbocycles. The normalized spacial score (nSPS) is 17.4. The average molecular weight is 224 g/mol. The summed E-state index contributed by atoms with van der Waals surface area (Å²) >= 11 is 0. The predicted molar refractivity (Wildman–Crippen MR) is 60.8 cm³/mol. The number of rotatable bonds is 5. The molecule has 0 spiro atoms. The van der Waals surface area contributed by atoms with Gasteiger partial charge in [0, 0.05) is 26.2 Å². The number of hydrogen-bond acceptors (Lipinski definition) is 4. The van der Waals surface area contributed by atoms with E-state index in [4.69, 9.17) is 5.11 Å². The minimum Gasteiger partial charge on any atom is -0.395 e. The van der Waals surface area contributed by atoms with Gasteiger partial charge in [0.25, 0.3) is 0 Å². The van der Waals surface area contributed by atoms with Gasteiger partial charge in [-0.05, 0) is 12.8 Å². The molecule has 1 heterocycles. The lowest BCUT2D eigenvalue weighted by Crippen LogP contribution is -2.35. The van der Waals surface area contributed by atoms with Crippen LogP contribution >= 0.6 is 0 Å². The lowest BCUT2D eigenvalue weighted by atomic mass is 10.2. The summed E-state index contributed by atoms with van der Waals surface area (Å²) in [6.07, 6.45) is 6.95. The summed E-state index contributed by atoms with van der Waals surface area (Å²) in [7, 11) is 1.91. The van der Waals surface area contributed by atoms with Crippen molar-refractivity contribution in [2.75, 3.05) is 13.2 Å². The Labute approximate surface area is 96.1 Å². The van der Waals surface area contributed by atoms with Gasteiger partial charge < -0.3 is 5.11 Å². The fourth-order valence-corrected chi connectivity index (χ4v) is 2.45. The molecule has 5 nitrogen and oxygen atoms in total. The second kappa shape index (κ2) is 5.41. The van der Waals surface area contributed by atoms with E-state index in [1.165, 1.54) is 25.7 Å². The van der Waals surface area contributed by atoms with E-state index in [0.29, 0.717) is 6.04 Å². The van der Waals surface area contributed by atoms with Crippen LogP contribution in [0.3, 0.4) is 0 Å². The Morgan fingerprint density at radius 1 is 1.50 bits per heavy atom. The molecule has 0 unspecified atom stereocenters. The molecule has 1 aliphatic rings. The Bertz CT molecular complexity index is 320. The molecule has 1 saturated carbocycles. The molecule has 0 saturated heterocycles. The van der Waals surface area contributed by atoms with Crippen molar-refractivity contribution in [2.45, 2.75) is 38.3 Å². The third kappa shape index (κ3) is 2.59. The van der Waals surface area contributed by atoms with Crippen LogP contribution in [-0.2, 0) is 13.6 Å². The first-order chi connectivity index (χ1) is 7.81. The van der Waals surface area contributed by atoms with Gasteiger partial charge in [-0.2, -0.15) is 0 Å². The number of nitrogens with zero attached hydrogens (tertiary/aromatic N) is 4. The van der Waals surface area contributed by atoms with Gasteiger partial charge in [-0.15, -0.1) is 5.10 Å². The Balaban J connectivity index is 1.99. The zero-order valence-electron chi connectivity index (χ0n) is 9.84. The third-order valence-electron chi connectivity index (χ3n) is 3.40. The van der Waals surface area contributed by atoms with Crippen molar-refractivity contribution >= 4 is 0 Å². The highest BCUT2D eigenvalue weighted by Crippen LogP contribution is 2.24. The van der Waals surface area contributed by atoms with Gasteiger partial charge in [0.1, 0.15) is 0 Å². The molecule has 0 aliphatic heterocycles. The Morgan fingerprint density at radius 3 is 2.81 bits per heavy atom.